The Bertz CT molecular complexity index is 393. The van der Waals surface area contributed by atoms with Crippen LogP contribution in [0.25, 0.3) is 0 Å². The quantitative estimate of drug-likeness (QED) is 0.728. The number of carbonyl (C=O) groups excluding carboxylic acids is 1. The van der Waals surface area contributed by atoms with E-state index in [2.05, 4.69) is 10.3 Å². The lowest BCUT2D eigenvalue weighted by atomic mass is 10.1. The molecule has 1 aromatic rings. The smallest absolute Gasteiger partial charge is 0.223 e. The number of amides is 1. The van der Waals surface area contributed by atoms with Crippen molar-refractivity contribution in [3.63, 3.8) is 0 Å². The van der Waals surface area contributed by atoms with Crippen LogP contribution in [0, 0.1) is 5.92 Å². The van der Waals surface area contributed by atoms with E-state index in [1.165, 1.54) is 0 Å². The number of aromatic nitrogens is 1. The summed E-state index contributed by atoms with van der Waals surface area (Å²) < 4.78 is 0. The fourth-order valence-corrected chi connectivity index (χ4v) is 2.26. The van der Waals surface area contributed by atoms with E-state index in [4.69, 9.17) is 11.5 Å². The zero-order chi connectivity index (χ0) is 12.3. The van der Waals surface area contributed by atoms with E-state index >= 15 is 0 Å². The molecule has 5 heteroatoms. The van der Waals surface area contributed by atoms with Crippen LogP contribution >= 0.6 is 0 Å². The maximum Gasteiger partial charge on any atom is 0.223 e. The van der Waals surface area contributed by atoms with Crippen molar-refractivity contribution in [1.29, 1.82) is 0 Å². The van der Waals surface area contributed by atoms with E-state index < -0.39 is 0 Å². The second-order valence-corrected chi connectivity index (χ2v) is 4.52. The molecule has 1 fully saturated rings. The van der Waals surface area contributed by atoms with Gasteiger partial charge >= 0.3 is 0 Å². The van der Waals surface area contributed by atoms with Crippen molar-refractivity contribution in [3.8, 4) is 0 Å². The summed E-state index contributed by atoms with van der Waals surface area (Å²) in [5.41, 5.74) is 12.1. The number of hydrogen-bond donors (Lipinski definition) is 3. The molecule has 0 spiro atoms. The molecule has 1 aromatic heterocycles. The summed E-state index contributed by atoms with van der Waals surface area (Å²) in [6, 6.07) is 3.45. The third-order valence-electron chi connectivity index (χ3n) is 3.12. The molecule has 0 unspecified atom stereocenters. The first-order valence-corrected chi connectivity index (χ1v) is 5.95. The SMILES string of the molecule is Nc1cc(CNC(=O)C2CCCC2)cc(N)n1. The van der Waals surface area contributed by atoms with E-state index in [-0.39, 0.29) is 11.8 Å². The predicted molar refractivity (Wildman–Crippen MR) is 66.9 cm³/mol. The van der Waals surface area contributed by atoms with Crippen LogP contribution in [-0.4, -0.2) is 10.9 Å². The maximum atomic E-state index is 11.8. The van der Waals surface area contributed by atoms with Crippen molar-refractivity contribution in [2.75, 3.05) is 11.5 Å². The lowest BCUT2D eigenvalue weighted by Gasteiger charge is -2.10. The number of hydrogen-bond acceptors (Lipinski definition) is 4. The average Bonchev–Trinajstić information content (AvgIpc) is 2.78. The summed E-state index contributed by atoms with van der Waals surface area (Å²) in [5.74, 6) is 1.09. The maximum absolute atomic E-state index is 11.8. The van der Waals surface area contributed by atoms with Crippen LogP contribution in [0.1, 0.15) is 31.2 Å². The zero-order valence-electron chi connectivity index (χ0n) is 9.78. The van der Waals surface area contributed by atoms with Gasteiger partial charge in [-0.3, -0.25) is 4.79 Å². The number of pyridine rings is 1. The van der Waals surface area contributed by atoms with E-state index in [1.807, 2.05) is 0 Å². The second kappa shape index (κ2) is 5.03. The van der Waals surface area contributed by atoms with Gasteiger partial charge in [-0.15, -0.1) is 0 Å². The molecule has 1 saturated carbocycles. The first-order chi connectivity index (χ1) is 8.15. The monoisotopic (exact) mass is 234 g/mol. The molecule has 1 aliphatic carbocycles. The minimum Gasteiger partial charge on any atom is -0.384 e. The van der Waals surface area contributed by atoms with Crippen molar-refractivity contribution in [1.82, 2.24) is 10.3 Å². The molecular formula is C12H18N4O. The van der Waals surface area contributed by atoms with Crippen LogP contribution in [-0.2, 0) is 11.3 Å². The molecule has 0 aliphatic heterocycles. The van der Waals surface area contributed by atoms with Gasteiger partial charge < -0.3 is 16.8 Å². The Labute approximate surface area is 101 Å². The van der Waals surface area contributed by atoms with E-state index in [0.29, 0.717) is 18.2 Å². The Morgan fingerprint density at radius 2 is 1.88 bits per heavy atom. The molecule has 1 heterocycles. The summed E-state index contributed by atoms with van der Waals surface area (Å²) >= 11 is 0. The number of rotatable bonds is 3. The van der Waals surface area contributed by atoms with Crippen molar-refractivity contribution >= 4 is 17.5 Å². The standard InChI is InChI=1S/C12H18N4O/c13-10-5-8(6-11(14)16-10)7-15-12(17)9-3-1-2-4-9/h5-6,9H,1-4,7H2,(H,15,17)(H4,13,14,16). The summed E-state index contributed by atoms with van der Waals surface area (Å²) in [6.07, 6.45) is 4.33. The summed E-state index contributed by atoms with van der Waals surface area (Å²) in [6.45, 7) is 0.465. The molecule has 0 bridgehead atoms. The molecule has 1 aliphatic rings. The molecule has 0 atom stereocenters. The van der Waals surface area contributed by atoms with Crippen LogP contribution in [0.5, 0.6) is 0 Å². The van der Waals surface area contributed by atoms with E-state index in [1.54, 1.807) is 12.1 Å². The van der Waals surface area contributed by atoms with Crippen LogP contribution in [0.15, 0.2) is 12.1 Å². The van der Waals surface area contributed by atoms with Gasteiger partial charge in [0.05, 0.1) is 0 Å². The third-order valence-corrected chi connectivity index (χ3v) is 3.12. The van der Waals surface area contributed by atoms with Crippen molar-refractivity contribution < 1.29 is 4.79 Å². The van der Waals surface area contributed by atoms with Gasteiger partial charge in [0, 0.05) is 12.5 Å². The van der Waals surface area contributed by atoms with Gasteiger partial charge in [-0.05, 0) is 30.5 Å². The lowest BCUT2D eigenvalue weighted by Crippen LogP contribution is -2.28. The van der Waals surface area contributed by atoms with Crippen molar-refractivity contribution in [3.05, 3.63) is 17.7 Å². The normalized spacial score (nSPS) is 16.0. The number of nitrogens with two attached hydrogens (primary N) is 2. The first-order valence-electron chi connectivity index (χ1n) is 5.95. The van der Waals surface area contributed by atoms with Crippen molar-refractivity contribution in [2.24, 2.45) is 5.92 Å². The van der Waals surface area contributed by atoms with E-state index in [0.717, 1.165) is 31.2 Å². The van der Waals surface area contributed by atoms with Gasteiger partial charge in [-0.1, -0.05) is 12.8 Å². The summed E-state index contributed by atoms with van der Waals surface area (Å²) in [4.78, 5) is 15.7. The highest BCUT2D eigenvalue weighted by Crippen LogP contribution is 2.24. The fraction of sp³-hybridized carbons (Fsp3) is 0.500. The Morgan fingerprint density at radius 3 is 2.47 bits per heavy atom. The molecular weight excluding hydrogens is 216 g/mol. The van der Waals surface area contributed by atoms with Gasteiger partial charge in [0.15, 0.2) is 0 Å². The Morgan fingerprint density at radius 1 is 1.29 bits per heavy atom. The predicted octanol–water partition coefficient (Wildman–Crippen LogP) is 1.05. The largest absolute Gasteiger partial charge is 0.384 e. The summed E-state index contributed by atoms with van der Waals surface area (Å²) in [7, 11) is 0. The number of carbonyl (C=O) groups is 1. The third kappa shape index (κ3) is 3.09. The molecule has 0 aromatic carbocycles. The van der Waals surface area contributed by atoms with Gasteiger partial charge in [0.25, 0.3) is 0 Å². The summed E-state index contributed by atoms with van der Waals surface area (Å²) in [5, 5.41) is 2.92. The Balaban J connectivity index is 1.90. The number of nitrogen functional groups attached to an aromatic ring is 2. The highest BCUT2D eigenvalue weighted by atomic mass is 16.1. The highest BCUT2D eigenvalue weighted by Gasteiger charge is 2.22. The van der Waals surface area contributed by atoms with Gasteiger partial charge in [0.2, 0.25) is 5.91 Å². The topological polar surface area (TPSA) is 94.0 Å². The number of nitrogens with zero attached hydrogens (tertiary/aromatic N) is 1. The van der Waals surface area contributed by atoms with Crippen LogP contribution < -0.4 is 16.8 Å². The minimum absolute atomic E-state index is 0.136. The minimum atomic E-state index is 0.136. The molecule has 2 rings (SSSR count). The average molecular weight is 234 g/mol. The second-order valence-electron chi connectivity index (χ2n) is 4.52. The first kappa shape index (κ1) is 11.7. The molecule has 0 radical (unpaired) electrons. The van der Waals surface area contributed by atoms with Gasteiger partial charge in [-0.2, -0.15) is 0 Å². The molecule has 0 saturated heterocycles. The van der Waals surface area contributed by atoms with Crippen molar-refractivity contribution in [2.45, 2.75) is 32.2 Å². The van der Waals surface area contributed by atoms with E-state index in [9.17, 15) is 4.79 Å². The molecule has 17 heavy (non-hydrogen) atoms. The number of anilines is 2. The molecule has 5 N–H and O–H groups in total. The highest BCUT2D eigenvalue weighted by molar-refractivity contribution is 5.78. The molecule has 92 valence electrons. The lowest BCUT2D eigenvalue weighted by molar-refractivity contribution is -0.124. The van der Waals surface area contributed by atoms with Gasteiger partial charge in [0.1, 0.15) is 11.6 Å². The molecule has 5 nitrogen and oxygen atoms in total. The number of nitrogens with one attached hydrogen (secondary N) is 1. The van der Waals surface area contributed by atoms with Crippen LogP contribution in [0.4, 0.5) is 11.6 Å². The zero-order valence-corrected chi connectivity index (χ0v) is 9.78. The Kier molecular flexibility index (Phi) is 3.46. The fourth-order valence-electron chi connectivity index (χ4n) is 2.26. The van der Waals surface area contributed by atoms with Crippen LogP contribution in [0.3, 0.4) is 0 Å². The van der Waals surface area contributed by atoms with Gasteiger partial charge in [-0.25, -0.2) is 4.98 Å². The molecule has 1 amide bonds. The van der Waals surface area contributed by atoms with Crippen LogP contribution in [0.2, 0.25) is 0 Å². The Hall–Kier alpha value is -1.78.